The van der Waals surface area contributed by atoms with Crippen LogP contribution in [0.25, 0.3) is 0 Å². The minimum Gasteiger partial charge on any atom is -0.387 e. The SMILES string of the molecule is CCC(O)c1cn(CC(=O)N(C)C2CCC(C)CC2)nn1. The van der Waals surface area contributed by atoms with Crippen LogP contribution in [0.15, 0.2) is 6.20 Å². The average Bonchev–Trinajstić information content (AvgIpc) is 2.95. The number of rotatable bonds is 5. The normalized spacial score (nSPS) is 23.8. The highest BCUT2D eigenvalue weighted by molar-refractivity contribution is 5.75. The Hall–Kier alpha value is -1.43. The van der Waals surface area contributed by atoms with Crippen molar-refractivity contribution < 1.29 is 9.90 Å². The van der Waals surface area contributed by atoms with E-state index in [1.54, 1.807) is 6.20 Å². The Morgan fingerprint density at radius 2 is 2.14 bits per heavy atom. The van der Waals surface area contributed by atoms with Gasteiger partial charge in [0.2, 0.25) is 5.91 Å². The number of amides is 1. The summed E-state index contributed by atoms with van der Waals surface area (Å²) >= 11 is 0. The standard InChI is InChI=1S/C15H26N4O2/c1-4-14(20)13-9-19(17-16-13)10-15(21)18(3)12-7-5-11(2)6-8-12/h9,11-12,14,20H,4-8,10H2,1-3H3. The van der Waals surface area contributed by atoms with Gasteiger partial charge in [-0.15, -0.1) is 5.10 Å². The molecule has 1 fully saturated rings. The molecule has 0 aliphatic heterocycles. The van der Waals surface area contributed by atoms with Crippen molar-refractivity contribution in [1.29, 1.82) is 0 Å². The molecule has 1 heterocycles. The van der Waals surface area contributed by atoms with Crippen molar-refractivity contribution in [3.8, 4) is 0 Å². The summed E-state index contributed by atoms with van der Waals surface area (Å²) in [5.41, 5.74) is 0.527. The molecule has 1 aliphatic carbocycles. The number of carbonyl (C=O) groups excluding carboxylic acids is 1. The molecule has 6 nitrogen and oxygen atoms in total. The number of aliphatic hydroxyl groups is 1. The Bertz CT molecular complexity index is 466. The van der Waals surface area contributed by atoms with Crippen LogP contribution in [-0.2, 0) is 11.3 Å². The lowest BCUT2D eigenvalue weighted by Crippen LogP contribution is -2.41. The van der Waals surface area contributed by atoms with Crippen molar-refractivity contribution in [3.05, 3.63) is 11.9 Å². The van der Waals surface area contributed by atoms with Crippen molar-refractivity contribution in [1.82, 2.24) is 19.9 Å². The Labute approximate surface area is 126 Å². The second kappa shape index (κ2) is 7.02. The van der Waals surface area contributed by atoms with E-state index in [1.807, 2.05) is 18.9 Å². The van der Waals surface area contributed by atoms with Crippen molar-refractivity contribution in [2.45, 2.75) is 64.6 Å². The van der Waals surface area contributed by atoms with Gasteiger partial charge >= 0.3 is 0 Å². The van der Waals surface area contributed by atoms with Gasteiger partial charge in [0, 0.05) is 13.1 Å². The van der Waals surface area contributed by atoms with Crippen LogP contribution in [-0.4, -0.2) is 44.0 Å². The molecule has 1 aromatic rings. The summed E-state index contributed by atoms with van der Waals surface area (Å²) in [6.45, 7) is 4.34. The molecule has 1 unspecified atom stereocenters. The second-order valence-electron chi connectivity index (χ2n) is 6.18. The quantitative estimate of drug-likeness (QED) is 0.898. The molecule has 0 saturated heterocycles. The lowest BCUT2D eigenvalue weighted by Gasteiger charge is -2.33. The van der Waals surface area contributed by atoms with E-state index >= 15 is 0 Å². The first-order valence-electron chi connectivity index (χ1n) is 7.85. The van der Waals surface area contributed by atoms with Crippen LogP contribution in [0.2, 0.25) is 0 Å². The topological polar surface area (TPSA) is 71.2 Å². The number of hydrogen-bond donors (Lipinski definition) is 1. The van der Waals surface area contributed by atoms with Gasteiger partial charge in [-0.1, -0.05) is 19.1 Å². The summed E-state index contributed by atoms with van der Waals surface area (Å²) in [7, 11) is 1.88. The summed E-state index contributed by atoms with van der Waals surface area (Å²) < 4.78 is 1.51. The summed E-state index contributed by atoms with van der Waals surface area (Å²) in [6.07, 6.45) is 6.19. The summed E-state index contributed by atoms with van der Waals surface area (Å²) in [5.74, 6) is 0.829. The van der Waals surface area contributed by atoms with Gasteiger partial charge in [-0.2, -0.15) is 0 Å². The Balaban J connectivity index is 1.90. The third-order valence-corrected chi connectivity index (χ3v) is 4.51. The predicted molar refractivity (Wildman–Crippen MR) is 79.5 cm³/mol. The third kappa shape index (κ3) is 4.03. The van der Waals surface area contributed by atoms with Crippen LogP contribution in [0.1, 0.15) is 57.7 Å². The van der Waals surface area contributed by atoms with Gasteiger partial charge < -0.3 is 10.0 Å². The molecule has 118 valence electrons. The number of hydrogen-bond acceptors (Lipinski definition) is 4. The highest BCUT2D eigenvalue weighted by Gasteiger charge is 2.25. The van der Waals surface area contributed by atoms with E-state index in [1.165, 1.54) is 17.5 Å². The van der Waals surface area contributed by atoms with Crippen LogP contribution in [0.3, 0.4) is 0 Å². The molecule has 1 aromatic heterocycles. The highest BCUT2D eigenvalue weighted by Crippen LogP contribution is 2.26. The molecule has 1 atom stereocenters. The maximum absolute atomic E-state index is 12.3. The summed E-state index contributed by atoms with van der Waals surface area (Å²) in [4.78, 5) is 14.2. The van der Waals surface area contributed by atoms with Crippen LogP contribution in [0, 0.1) is 5.92 Å². The molecule has 2 rings (SSSR count). The second-order valence-corrected chi connectivity index (χ2v) is 6.18. The molecule has 1 aliphatic rings. The molecule has 6 heteroatoms. The van der Waals surface area contributed by atoms with E-state index in [2.05, 4.69) is 17.2 Å². The Morgan fingerprint density at radius 3 is 2.76 bits per heavy atom. The molecule has 0 spiro atoms. The van der Waals surface area contributed by atoms with E-state index in [9.17, 15) is 9.90 Å². The van der Waals surface area contributed by atoms with Crippen LogP contribution >= 0.6 is 0 Å². The number of likely N-dealkylation sites (N-methyl/N-ethyl adjacent to an activating group) is 1. The van der Waals surface area contributed by atoms with Gasteiger partial charge in [0.05, 0.1) is 12.3 Å². The van der Waals surface area contributed by atoms with Crippen molar-refractivity contribution in [3.63, 3.8) is 0 Å². The van der Waals surface area contributed by atoms with Gasteiger partial charge in [0.1, 0.15) is 12.2 Å². The number of aliphatic hydroxyl groups excluding tert-OH is 1. The van der Waals surface area contributed by atoms with Crippen molar-refractivity contribution in [2.75, 3.05) is 7.05 Å². The first-order valence-corrected chi connectivity index (χ1v) is 7.85. The largest absolute Gasteiger partial charge is 0.387 e. The minimum atomic E-state index is -0.605. The maximum Gasteiger partial charge on any atom is 0.244 e. The van der Waals surface area contributed by atoms with Gasteiger partial charge in [-0.05, 0) is 38.0 Å². The lowest BCUT2D eigenvalue weighted by molar-refractivity contribution is -0.133. The van der Waals surface area contributed by atoms with E-state index in [0.717, 1.165) is 18.8 Å². The molecule has 0 aromatic carbocycles. The number of nitrogens with zero attached hydrogens (tertiary/aromatic N) is 4. The monoisotopic (exact) mass is 294 g/mol. The van der Waals surface area contributed by atoms with Crippen molar-refractivity contribution >= 4 is 5.91 Å². The minimum absolute atomic E-state index is 0.0528. The van der Waals surface area contributed by atoms with E-state index in [0.29, 0.717) is 18.2 Å². The van der Waals surface area contributed by atoms with Crippen LogP contribution < -0.4 is 0 Å². The Kier molecular flexibility index (Phi) is 5.33. The molecule has 1 N–H and O–H groups in total. The zero-order valence-corrected chi connectivity index (χ0v) is 13.2. The van der Waals surface area contributed by atoms with Gasteiger partial charge in [-0.25, -0.2) is 4.68 Å². The zero-order valence-electron chi connectivity index (χ0n) is 13.2. The fourth-order valence-electron chi connectivity index (χ4n) is 2.84. The molecule has 0 radical (unpaired) electrons. The summed E-state index contributed by atoms with van der Waals surface area (Å²) in [5, 5.41) is 17.5. The van der Waals surface area contributed by atoms with E-state index in [-0.39, 0.29) is 12.5 Å². The molecule has 21 heavy (non-hydrogen) atoms. The van der Waals surface area contributed by atoms with Gasteiger partial charge in [-0.3, -0.25) is 4.79 Å². The van der Waals surface area contributed by atoms with Crippen LogP contribution in [0.4, 0.5) is 0 Å². The lowest BCUT2D eigenvalue weighted by atomic mass is 9.87. The Morgan fingerprint density at radius 1 is 1.48 bits per heavy atom. The van der Waals surface area contributed by atoms with Gasteiger partial charge in [0.25, 0.3) is 0 Å². The highest BCUT2D eigenvalue weighted by atomic mass is 16.3. The molecule has 1 amide bonds. The molecule has 0 bridgehead atoms. The zero-order chi connectivity index (χ0) is 15.4. The number of carbonyl (C=O) groups is 1. The van der Waals surface area contributed by atoms with Crippen LogP contribution in [0.5, 0.6) is 0 Å². The fraction of sp³-hybridized carbons (Fsp3) is 0.800. The van der Waals surface area contributed by atoms with E-state index in [4.69, 9.17) is 0 Å². The molecule has 1 saturated carbocycles. The third-order valence-electron chi connectivity index (χ3n) is 4.51. The molecular weight excluding hydrogens is 268 g/mol. The fourth-order valence-corrected chi connectivity index (χ4v) is 2.84. The maximum atomic E-state index is 12.3. The smallest absolute Gasteiger partial charge is 0.244 e. The number of aromatic nitrogens is 3. The molecular formula is C15H26N4O2. The summed E-state index contributed by atoms with van der Waals surface area (Å²) in [6, 6.07) is 0.345. The van der Waals surface area contributed by atoms with Crippen molar-refractivity contribution in [2.24, 2.45) is 5.92 Å². The first-order chi connectivity index (χ1) is 10.0. The average molecular weight is 294 g/mol. The first kappa shape index (κ1) is 15.9. The van der Waals surface area contributed by atoms with E-state index < -0.39 is 6.10 Å². The van der Waals surface area contributed by atoms with Gasteiger partial charge in [0.15, 0.2) is 0 Å². The predicted octanol–water partition coefficient (Wildman–Crippen LogP) is 1.76.